The monoisotopic (exact) mass is 302 g/mol. The van der Waals surface area contributed by atoms with Gasteiger partial charge in [-0.25, -0.2) is 0 Å². The molecule has 2 rings (SSSR count). The van der Waals surface area contributed by atoms with Gasteiger partial charge in [0.1, 0.15) is 11.8 Å². The minimum Gasteiger partial charge on any atom is -0.480 e. The molecule has 0 radical (unpaired) electrons. The SMILES string of the molecule is CCO[C@@H]1CCCN(C(=O)[C@H](C)Oc2ccccc2C#N)C1. The van der Waals surface area contributed by atoms with Crippen molar-refractivity contribution < 1.29 is 14.3 Å². The highest BCUT2D eigenvalue weighted by molar-refractivity contribution is 5.81. The number of rotatable bonds is 5. The highest BCUT2D eigenvalue weighted by Gasteiger charge is 2.28. The number of hydrogen-bond donors (Lipinski definition) is 0. The molecular formula is C17H22N2O3. The molecule has 5 heteroatoms. The molecule has 0 unspecified atom stereocenters. The summed E-state index contributed by atoms with van der Waals surface area (Å²) in [4.78, 5) is 14.3. The van der Waals surface area contributed by atoms with Crippen LogP contribution in [0, 0.1) is 11.3 Å². The van der Waals surface area contributed by atoms with Gasteiger partial charge in [0.15, 0.2) is 6.10 Å². The van der Waals surface area contributed by atoms with Crippen LogP contribution in [-0.2, 0) is 9.53 Å². The van der Waals surface area contributed by atoms with Gasteiger partial charge in [-0.3, -0.25) is 4.79 Å². The third-order valence-corrected chi connectivity index (χ3v) is 3.75. The molecule has 5 nitrogen and oxygen atoms in total. The summed E-state index contributed by atoms with van der Waals surface area (Å²) >= 11 is 0. The molecular weight excluding hydrogens is 280 g/mol. The minimum absolute atomic E-state index is 0.0582. The van der Waals surface area contributed by atoms with E-state index in [1.165, 1.54) is 0 Å². The van der Waals surface area contributed by atoms with Crippen molar-refractivity contribution >= 4 is 5.91 Å². The number of para-hydroxylation sites is 1. The predicted molar refractivity (Wildman–Crippen MR) is 82.5 cm³/mol. The second-order valence-corrected chi connectivity index (χ2v) is 5.37. The Morgan fingerprint density at radius 1 is 1.50 bits per heavy atom. The van der Waals surface area contributed by atoms with Crippen LogP contribution < -0.4 is 4.74 Å². The van der Waals surface area contributed by atoms with E-state index in [4.69, 9.17) is 14.7 Å². The van der Waals surface area contributed by atoms with Gasteiger partial charge < -0.3 is 14.4 Å². The number of carbonyl (C=O) groups is 1. The Morgan fingerprint density at radius 2 is 2.27 bits per heavy atom. The van der Waals surface area contributed by atoms with Crippen LogP contribution in [0.25, 0.3) is 0 Å². The Labute approximate surface area is 131 Å². The maximum atomic E-state index is 12.5. The number of carbonyl (C=O) groups excluding carboxylic acids is 1. The largest absolute Gasteiger partial charge is 0.480 e. The summed E-state index contributed by atoms with van der Waals surface area (Å²) in [5, 5.41) is 9.07. The molecule has 0 aromatic heterocycles. The fraction of sp³-hybridized carbons (Fsp3) is 0.529. The number of hydrogen-bond acceptors (Lipinski definition) is 4. The van der Waals surface area contributed by atoms with Crippen molar-refractivity contribution in [3.8, 4) is 11.8 Å². The lowest BCUT2D eigenvalue weighted by molar-refractivity contribution is -0.142. The van der Waals surface area contributed by atoms with E-state index >= 15 is 0 Å². The molecule has 0 aliphatic carbocycles. The normalized spacial score (nSPS) is 19.3. The first-order valence-electron chi connectivity index (χ1n) is 7.71. The topological polar surface area (TPSA) is 62.6 Å². The molecule has 1 amide bonds. The smallest absolute Gasteiger partial charge is 0.263 e. The lowest BCUT2D eigenvalue weighted by Crippen LogP contribution is -2.48. The Kier molecular flexibility index (Phi) is 5.79. The van der Waals surface area contributed by atoms with E-state index in [0.717, 1.165) is 19.4 Å². The van der Waals surface area contributed by atoms with Gasteiger partial charge in [-0.1, -0.05) is 12.1 Å². The second kappa shape index (κ2) is 7.81. The molecule has 0 N–H and O–H groups in total. The van der Waals surface area contributed by atoms with Gasteiger partial charge in [-0.2, -0.15) is 5.26 Å². The van der Waals surface area contributed by atoms with Crippen molar-refractivity contribution in [3.05, 3.63) is 29.8 Å². The van der Waals surface area contributed by atoms with Crippen LogP contribution in [-0.4, -0.2) is 42.7 Å². The third-order valence-electron chi connectivity index (χ3n) is 3.75. The molecule has 0 bridgehead atoms. The van der Waals surface area contributed by atoms with Gasteiger partial charge in [-0.05, 0) is 38.8 Å². The number of amides is 1. The van der Waals surface area contributed by atoms with E-state index in [2.05, 4.69) is 6.07 Å². The molecule has 1 aliphatic heterocycles. The fourth-order valence-electron chi connectivity index (χ4n) is 2.67. The van der Waals surface area contributed by atoms with Crippen molar-refractivity contribution in [1.82, 2.24) is 4.90 Å². The van der Waals surface area contributed by atoms with Crippen molar-refractivity contribution in [2.24, 2.45) is 0 Å². The van der Waals surface area contributed by atoms with Gasteiger partial charge in [0.25, 0.3) is 5.91 Å². The minimum atomic E-state index is -0.616. The van der Waals surface area contributed by atoms with Crippen LogP contribution >= 0.6 is 0 Å². The van der Waals surface area contributed by atoms with Crippen molar-refractivity contribution in [2.45, 2.75) is 38.9 Å². The van der Waals surface area contributed by atoms with Crippen LogP contribution in [0.4, 0.5) is 0 Å². The average molecular weight is 302 g/mol. The van der Waals surface area contributed by atoms with Crippen molar-refractivity contribution in [1.29, 1.82) is 5.26 Å². The maximum Gasteiger partial charge on any atom is 0.263 e. The summed E-state index contributed by atoms with van der Waals surface area (Å²) in [6.07, 6.45) is 1.43. The van der Waals surface area contributed by atoms with E-state index in [1.807, 2.05) is 6.92 Å². The zero-order valence-electron chi connectivity index (χ0n) is 13.1. The van der Waals surface area contributed by atoms with Crippen LogP contribution in [0.2, 0.25) is 0 Å². The Morgan fingerprint density at radius 3 is 3.00 bits per heavy atom. The van der Waals surface area contributed by atoms with Crippen LogP contribution in [0.15, 0.2) is 24.3 Å². The van der Waals surface area contributed by atoms with E-state index < -0.39 is 6.10 Å². The third kappa shape index (κ3) is 3.99. The zero-order chi connectivity index (χ0) is 15.9. The maximum absolute atomic E-state index is 12.5. The molecule has 0 saturated carbocycles. The Hall–Kier alpha value is -2.06. The van der Waals surface area contributed by atoms with Crippen LogP contribution in [0.3, 0.4) is 0 Å². The molecule has 1 heterocycles. The Bertz CT molecular complexity index is 551. The standard InChI is InChI=1S/C17H22N2O3/c1-3-21-15-8-6-10-19(12-15)17(20)13(2)22-16-9-5-4-7-14(16)11-18/h4-5,7,9,13,15H,3,6,8,10,12H2,1-2H3/t13-,15+/m0/s1. The first kappa shape index (κ1) is 16.3. The first-order valence-corrected chi connectivity index (χ1v) is 7.71. The first-order chi connectivity index (χ1) is 10.7. The molecule has 22 heavy (non-hydrogen) atoms. The summed E-state index contributed by atoms with van der Waals surface area (Å²) in [6.45, 7) is 5.69. The molecule has 118 valence electrons. The molecule has 1 aliphatic rings. The molecule has 1 fully saturated rings. The van der Waals surface area contributed by atoms with Gasteiger partial charge in [0.2, 0.25) is 0 Å². The highest BCUT2D eigenvalue weighted by atomic mass is 16.5. The van der Waals surface area contributed by atoms with Gasteiger partial charge >= 0.3 is 0 Å². The van der Waals surface area contributed by atoms with E-state index in [9.17, 15) is 4.79 Å². The van der Waals surface area contributed by atoms with Gasteiger partial charge in [0, 0.05) is 19.7 Å². The zero-order valence-corrected chi connectivity index (χ0v) is 13.1. The Balaban J connectivity index is 1.98. The molecule has 2 atom stereocenters. The predicted octanol–water partition coefficient (Wildman–Crippen LogP) is 2.35. The number of nitriles is 1. The van der Waals surface area contributed by atoms with Gasteiger partial charge in [-0.15, -0.1) is 0 Å². The summed E-state index contributed by atoms with van der Waals surface area (Å²) in [7, 11) is 0. The molecule has 1 aromatic carbocycles. The fourth-order valence-corrected chi connectivity index (χ4v) is 2.67. The van der Waals surface area contributed by atoms with E-state index in [-0.39, 0.29) is 12.0 Å². The summed E-state index contributed by atoms with van der Waals surface area (Å²) < 4.78 is 11.3. The summed E-state index contributed by atoms with van der Waals surface area (Å²) in [6, 6.07) is 9.03. The summed E-state index contributed by atoms with van der Waals surface area (Å²) in [5.41, 5.74) is 0.438. The molecule has 0 spiro atoms. The second-order valence-electron chi connectivity index (χ2n) is 5.37. The van der Waals surface area contributed by atoms with Crippen LogP contribution in [0.5, 0.6) is 5.75 Å². The summed E-state index contributed by atoms with van der Waals surface area (Å²) in [5.74, 6) is 0.390. The molecule has 1 saturated heterocycles. The average Bonchev–Trinajstić information content (AvgIpc) is 2.55. The van der Waals surface area contributed by atoms with E-state index in [1.54, 1.807) is 36.1 Å². The highest BCUT2D eigenvalue weighted by Crippen LogP contribution is 2.20. The van der Waals surface area contributed by atoms with E-state index in [0.29, 0.717) is 24.5 Å². The quantitative estimate of drug-likeness (QED) is 0.837. The number of benzene rings is 1. The van der Waals surface area contributed by atoms with Crippen molar-refractivity contribution in [2.75, 3.05) is 19.7 Å². The lowest BCUT2D eigenvalue weighted by Gasteiger charge is -2.34. The van der Waals surface area contributed by atoms with Crippen molar-refractivity contribution in [3.63, 3.8) is 0 Å². The van der Waals surface area contributed by atoms with Gasteiger partial charge in [0.05, 0.1) is 11.7 Å². The van der Waals surface area contributed by atoms with Crippen LogP contribution in [0.1, 0.15) is 32.3 Å². The number of likely N-dealkylation sites (tertiary alicyclic amines) is 1. The molecule has 1 aromatic rings. The lowest BCUT2D eigenvalue weighted by atomic mass is 10.1. The number of ether oxygens (including phenoxy) is 2. The number of piperidine rings is 1. The number of nitrogens with zero attached hydrogens (tertiary/aromatic N) is 2.